The fraction of sp³-hybridized carbons (Fsp3) is 0.476. The average Bonchev–Trinajstić information content (AvgIpc) is 3.22. The van der Waals surface area contributed by atoms with Crippen molar-refractivity contribution in [3.8, 4) is 17.3 Å². The molecule has 2 aromatic rings. The van der Waals surface area contributed by atoms with Crippen LogP contribution in [0.2, 0.25) is 0 Å². The molecule has 0 unspecified atom stereocenters. The molecule has 1 atom stereocenters. The standard InChI is InChI=1S/C21H25N5O/c1-13(2)26-20(21(27)24-17-9-10-23-12-17)18(15-7-8-15)19(25-26)16-5-3-14(11-22)4-6-16/h3-6,13,15,17,23H,7-10,12H2,1-2H3,(H,24,27)/t17-/m0/s1. The van der Waals surface area contributed by atoms with E-state index in [1.165, 1.54) is 0 Å². The maximum absolute atomic E-state index is 13.2. The summed E-state index contributed by atoms with van der Waals surface area (Å²) in [5.74, 6) is 0.372. The fourth-order valence-corrected chi connectivity index (χ4v) is 3.75. The van der Waals surface area contributed by atoms with Crippen LogP contribution in [0.5, 0.6) is 0 Å². The van der Waals surface area contributed by atoms with Crippen molar-refractivity contribution in [1.29, 1.82) is 5.26 Å². The Morgan fingerprint density at radius 1 is 1.30 bits per heavy atom. The molecule has 1 aromatic carbocycles. The molecular weight excluding hydrogens is 338 g/mol. The highest BCUT2D eigenvalue weighted by Gasteiger charge is 2.36. The second-order valence-corrected chi connectivity index (χ2v) is 7.78. The third-order valence-corrected chi connectivity index (χ3v) is 5.32. The fourth-order valence-electron chi connectivity index (χ4n) is 3.75. The first-order chi connectivity index (χ1) is 13.1. The van der Waals surface area contributed by atoms with E-state index in [1.54, 1.807) is 0 Å². The molecule has 6 nitrogen and oxygen atoms in total. The second-order valence-electron chi connectivity index (χ2n) is 7.78. The summed E-state index contributed by atoms with van der Waals surface area (Å²) in [6.07, 6.45) is 3.15. The van der Waals surface area contributed by atoms with Gasteiger partial charge in [0.1, 0.15) is 5.69 Å². The van der Waals surface area contributed by atoms with Crippen LogP contribution in [0, 0.1) is 11.3 Å². The van der Waals surface area contributed by atoms with Crippen LogP contribution in [-0.4, -0.2) is 34.8 Å². The minimum Gasteiger partial charge on any atom is -0.347 e. The number of aromatic nitrogens is 2. The van der Waals surface area contributed by atoms with Gasteiger partial charge in [-0.3, -0.25) is 9.48 Å². The normalized spacial score (nSPS) is 19.3. The first kappa shape index (κ1) is 17.7. The van der Waals surface area contributed by atoms with Gasteiger partial charge in [0, 0.05) is 29.8 Å². The van der Waals surface area contributed by atoms with Crippen molar-refractivity contribution < 1.29 is 4.79 Å². The Balaban J connectivity index is 1.77. The number of rotatable bonds is 5. The number of nitriles is 1. The van der Waals surface area contributed by atoms with Gasteiger partial charge in [0.15, 0.2) is 0 Å². The Kier molecular flexibility index (Phi) is 4.71. The molecule has 1 amide bonds. The molecule has 2 fully saturated rings. The molecule has 2 heterocycles. The van der Waals surface area contributed by atoms with Crippen molar-refractivity contribution in [2.75, 3.05) is 13.1 Å². The number of benzene rings is 1. The van der Waals surface area contributed by atoms with E-state index in [9.17, 15) is 4.79 Å². The van der Waals surface area contributed by atoms with Gasteiger partial charge in [0.05, 0.1) is 17.3 Å². The number of amides is 1. The van der Waals surface area contributed by atoms with Crippen molar-refractivity contribution in [2.45, 2.75) is 51.1 Å². The minimum atomic E-state index is -0.0216. The van der Waals surface area contributed by atoms with Gasteiger partial charge < -0.3 is 10.6 Å². The molecule has 0 radical (unpaired) electrons. The first-order valence-electron chi connectivity index (χ1n) is 9.73. The summed E-state index contributed by atoms with van der Waals surface area (Å²) in [4.78, 5) is 13.2. The number of carbonyl (C=O) groups is 1. The van der Waals surface area contributed by atoms with Gasteiger partial charge in [-0.05, 0) is 57.7 Å². The summed E-state index contributed by atoms with van der Waals surface area (Å²) in [5, 5.41) is 20.4. The van der Waals surface area contributed by atoms with Crippen molar-refractivity contribution in [3.05, 3.63) is 41.1 Å². The van der Waals surface area contributed by atoms with Crippen LogP contribution in [0.1, 0.15) is 66.7 Å². The Hall–Kier alpha value is -2.65. The van der Waals surface area contributed by atoms with Crippen molar-refractivity contribution in [3.63, 3.8) is 0 Å². The summed E-state index contributed by atoms with van der Waals surface area (Å²) in [7, 11) is 0. The molecule has 2 N–H and O–H groups in total. The molecule has 1 saturated heterocycles. The minimum absolute atomic E-state index is 0.0216. The topological polar surface area (TPSA) is 82.7 Å². The Morgan fingerprint density at radius 3 is 2.59 bits per heavy atom. The number of carbonyl (C=O) groups excluding carboxylic acids is 1. The molecule has 4 rings (SSSR count). The van der Waals surface area contributed by atoms with Gasteiger partial charge in [0.25, 0.3) is 5.91 Å². The molecule has 0 bridgehead atoms. The van der Waals surface area contributed by atoms with E-state index in [4.69, 9.17) is 10.4 Å². The maximum atomic E-state index is 13.2. The average molecular weight is 363 g/mol. The summed E-state index contributed by atoms with van der Waals surface area (Å²) in [6.45, 7) is 5.88. The van der Waals surface area contributed by atoms with Crippen molar-refractivity contribution in [2.24, 2.45) is 0 Å². The molecule has 1 saturated carbocycles. The Bertz CT molecular complexity index is 881. The largest absolute Gasteiger partial charge is 0.347 e. The molecule has 1 aliphatic carbocycles. The SMILES string of the molecule is CC(C)n1nc(-c2ccc(C#N)cc2)c(C2CC2)c1C(=O)N[C@H]1CCNC1. The van der Waals surface area contributed by atoms with Crippen LogP contribution in [-0.2, 0) is 0 Å². The van der Waals surface area contributed by atoms with Gasteiger partial charge >= 0.3 is 0 Å². The van der Waals surface area contributed by atoms with E-state index in [2.05, 4.69) is 30.6 Å². The molecule has 6 heteroatoms. The monoisotopic (exact) mass is 363 g/mol. The molecular formula is C21H25N5O. The zero-order valence-corrected chi connectivity index (χ0v) is 15.8. The van der Waals surface area contributed by atoms with Gasteiger partial charge in [0.2, 0.25) is 0 Å². The third-order valence-electron chi connectivity index (χ3n) is 5.32. The van der Waals surface area contributed by atoms with Crippen LogP contribution >= 0.6 is 0 Å². The molecule has 1 aromatic heterocycles. The second kappa shape index (κ2) is 7.16. The van der Waals surface area contributed by atoms with Crippen LogP contribution in [0.4, 0.5) is 0 Å². The number of nitrogens with zero attached hydrogens (tertiary/aromatic N) is 3. The molecule has 1 aliphatic heterocycles. The zero-order valence-electron chi connectivity index (χ0n) is 15.8. The summed E-state index contributed by atoms with van der Waals surface area (Å²) < 4.78 is 1.87. The van der Waals surface area contributed by atoms with Crippen LogP contribution < -0.4 is 10.6 Å². The van der Waals surface area contributed by atoms with Crippen molar-refractivity contribution >= 4 is 5.91 Å². The summed E-state index contributed by atoms with van der Waals surface area (Å²) in [5.41, 5.74) is 4.25. The predicted molar refractivity (Wildman–Crippen MR) is 103 cm³/mol. The van der Waals surface area contributed by atoms with Crippen LogP contribution in [0.15, 0.2) is 24.3 Å². The Morgan fingerprint density at radius 2 is 2.04 bits per heavy atom. The lowest BCUT2D eigenvalue weighted by atomic mass is 10.0. The lowest BCUT2D eigenvalue weighted by molar-refractivity contribution is 0.0926. The van der Waals surface area contributed by atoms with Crippen LogP contribution in [0.3, 0.4) is 0 Å². The number of hydrogen-bond acceptors (Lipinski definition) is 4. The van der Waals surface area contributed by atoms with E-state index in [0.29, 0.717) is 17.2 Å². The highest BCUT2D eigenvalue weighted by atomic mass is 16.2. The zero-order chi connectivity index (χ0) is 19.0. The van der Waals surface area contributed by atoms with Gasteiger partial charge in [-0.25, -0.2) is 0 Å². The lowest BCUT2D eigenvalue weighted by Crippen LogP contribution is -2.38. The van der Waals surface area contributed by atoms with Crippen molar-refractivity contribution in [1.82, 2.24) is 20.4 Å². The molecule has 0 spiro atoms. The van der Waals surface area contributed by atoms with E-state index in [1.807, 2.05) is 28.9 Å². The Labute approximate surface area is 159 Å². The predicted octanol–water partition coefficient (Wildman–Crippen LogP) is 2.97. The first-order valence-corrected chi connectivity index (χ1v) is 9.73. The molecule has 140 valence electrons. The molecule has 2 aliphatic rings. The van der Waals surface area contributed by atoms with Gasteiger partial charge in [-0.1, -0.05) is 12.1 Å². The number of hydrogen-bond donors (Lipinski definition) is 2. The lowest BCUT2D eigenvalue weighted by Gasteiger charge is -2.15. The van der Waals surface area contributed by atoms with E-state index < -0.39 is 0 Å². The number of nitrogens with one attached hydrogen (secondary N) is 2. The van der Waals surface area contributed by atoms with E-state index >= 15 is 0 Å². The summed E-state index contributed by atoms with van der Waals surface area (Å²) >= 11 is 0. The highest BCUT2D eigenvalue weighted by Crippen LogP contribution is 2.46. The summed E-state index contributed by atoms with van der Waals surface area (Å²) in [6, 6.07) is 9.91. The van der Waals surface area contributed by atoms with Gasteiger partial charge in [-0.2, -0.15) is 10.4 Å². The maximum Gasteiger partial charge on any atom is 0.270 e. The quantitative estimate of drug-likeness (QED) is 0.855. The molecule has 27 heavy (non-hydrogen) atoms. The third kappa shape index (κ3) is 3.47. The van der Waals surface area contributed by atoms with Gasteiger partial charge in [-0.15, -0.1) is 0 Å². The van der Waals surface area contributed by atoms with E-state index in [-0.39, 0.29) is 18.0 Å². The highest BCUT2D eigenvalue weighted by molar-refractivity contribution is 5.96. The van der Waals surface area contributed by atoms with E-state index in [0.717, 1.165) is 49.2 Å². The smallest absolute Gasteiger partial charge is 0.270 e. The van der Waals surface area contributed by atoms with Crippen LogP contribution in [0.25, 0.3) is 11.3 Å².